The van der Waals surface area contributed by atoms with E-state index >= 15 is 0 Å². The van der Waals surface area contributed by atoms with Gasteiger partial charge in [-0.1, -0.05) is 12.2 Å². The predicted molar refractivity (Wildman–Crippen MR) is 67.8 cm³/mol. The number of rotatable bonds is 6. The van der Waals surface area contributed by atoms with Gasteiger partial charge in [-0.15, -0.1) is 0 Å². The number of aliphatic hydroxyl groups is 1. The van der Waals surface area contributed by atoms with Crippen LogP contribution < -0.4 is 5.32 Å². The van der Waals surface area contributed by atoms with Gasteiger partial charge in [-0.05, 0) is 6.92 Å². The molecule has 3 N–H and O–H groups in total. The largest absolute Gasteiger partial charge is 0.480 e. The molecule has 1 saturated heterocycles. The molecular weight excluding hydrogens is 252 g/mol. The van der Waals surface area contributed by atoms with Crippen molar-refractivity contribution in [3.05, 3.63) is 12.2 Å². The number of amides is 2. The SMILES string of the molecule is C=C(C)COCCNC(=O)N1C[C@H](O)C[C@@H]1C(=O)O. The predicted octanol–water partition coefficient (Wildman–Crippen LogP) is -0.191. The van der Waals surface area contributed by atoms with Crippen molar-refractivity contribution in [3.8, 4) is 0 Å². The Morgan fingerprint density at radius 3 is 2.79 bits per heavy atom. The van der Waals surface area contributed by atoms with Crippen LogP contribution in [0.25, 0.3) is 0 Å². The smallest absolute Gasteiger partial charge is 0.326 e. The number of aliphatic carboxylic acids is 1. The van der Waals surface area contributed by atoms with Gasteiger partial charge in [0.05, 0.1) is 19.3 Å². The van der Waals surface area contributed by atoms with Gasteiger partial charge in [-0.2, -0.15) is 0 Å². The summed E-state index contributed by atoms with van der Waals surface area (Å²) in [7, 11) is 0. The molecule has 2 amide bonds. The van der Waals surface area contributed by atoms with Crippen LogP contribution in [0.5, 0.6) is 0 Å². The standard InChI is InChI=1S/C12H20N2O5/c1-8(2)7-19-4-3-13-12(18)14-6-9(15)5-10(14)11(16)17/h9-10,15H,1,3-7H2,2H3,(H,13,18)(H,16,17)/t9-,10-/m1/s1. The van der Waals surface area contributed by atoms with Gasteiger partial charge in [0.25, 0.3) is 0 Å². The molecule has 1 heterocycles. The molecule has 0 saturated carbocycles. The fourth-order valence-corrected chi connectivity index (χ4v) is 1.85. The number of carboxylic acid groups (broad SMARTS) is 1. The summed E-state index contributed by atoms with van der Waals surface area (Å²) >= 11 is 0. The number of aliphatic hydroxyl groups excluding tert-OH is 1. The van der Waals surface area contributed by atoms with E-state index in [0.29, 0.717) is 13.2 Å². The van der Waals surface area contributed by atoms with Crippen LogP contribution in [0.15, 0.2) is 12.2 Å². The van der Waals surface area contributed by atoms with Gasteiger partial charge < -0.3 is 25.2 Å². The van der Waals surface area contributed by atoms with E-state index in [0.717, 1.165) is 10.5 Å². The Morgan fingerprint density at radius 1 is 1.53 bits per heavy atom. The number of likely N-dealkylation sites (tertiary alicyclic amines) is 1. The molecule has 108 valence electrons. The molecule has 0 unspecified atom stereocenters. The lowest BCUT2D eigenvalue weighted by molar-refractivity contribution is -0.141. The van der Waals surface area contributed by atoms with Gasteiger partial charge in [0, 0.05) is 19.5 Å². The molecule has 0 spiro atoms. The van der Waals surface area contributed by atoms with E-state index in [-0.39, 0.29) is 19.5 Å². The Balaban J connectivity index is 2.32. The number of nitrogens with zero attached hydrogens (tertiary/aromatic N) is 1. The number of urea groups is 1. The van der Waals surface area contributed by atoms with Crippen molar-refractivity contribution in [3.63, 3.8) is 0 Å². The third-order valence-corrected chi connectivity index (χ3v) is 2.70. The fourth-order valence-electron chi connectivity index (χ4n) is 1.85. The molecule has 0 aliphatic carbocycles. The molecule has 1 rings (SSSR count). The molecule has 7 nitrogen and oxygen atoms in total. The van der Waals surface area contributed by atoms with Crippen LogP contribution in [-0.2, 0) is 9.53 Å². The topological polar surface area (TPSA) is 99.1 Å². The minimum absolute atomic E-state index is 0.0371. The zero-order valence-electron chi connectivity index (χ0n) is 11.0. The normalized spacial score (nSPS) is 22.3. The number of carbonyl (C=O) groups is 2. The van der Waals surface area contributed by atoms with Crippen LogP contribution in [0.4, 0.5) is 4.79 Å². The number of carboxylic acids is 1. The number of ether oxygens (including phenoxy) is 1. The van der Waals surface area contributed by atoms with Crippen molar-refractivity contribution in [1.29, 1.82) is 0 Å². The summed E-state index contributed by atoms with van der Waals surface area (Å²) in [5, 5.41) is 20.9. The molecule has 7 heteroatoms. The summed E-state index contributed by atoms with van der Waals surface area (Å²) in [6, 6.07) is -1.46. The van der Waals surface area contributed by atoms with Crippen LogP contribution in [0.3, 0.4) is 0 Å². The van der Waals surface area contributed by atoms with Crippen LogP contribution in [-0.4, -0.2) is 65.6 Å². The van der Waals surface area contributed by atoms with Crippen LogP contribution in [0.1, 0.15) is 13.3 Å². The molecule has 0 aromatic rings. The lowest BCUT2D eigenvalue weighted by atomic mass is 10.2. The number of β-amino-alcohol motifs (C(OH)–C–C–N with tert-alkyl or cyclic N) is 1. The Hall–Kier alpha value is -1.60. The van der Waals surface area contributed by atoms with Crippen molar-refractivity contribution in [2.75, 3.05) is 26.3 Å². The second-order valence-electron chi connectivity index (χ2n) is 4.64. The quantitative estimate of drug-likeness (QED) is 0.460. The Labute approximate surface area is 111 Å². The van der Waals surface area contributed by atoms with Crippen molar-refractivity contribution >= 4 is 12.0 Å². The minimum Gasteiger partial charge on any atom is -0.480 e. The maximum atomic E-state index is 11.8. The van der Waals surface area contributed by atoms with E-state index in [1.165, 1.54) is 0 Å². The lowest BCUT2D eigenvalue weighted by Gasteiger charge is -2.21. The minimum atomic E-state index is -1.11. The average Bonchev–Trinajstić information content (AvgIpc) is 2.70. The third-order valence-electron chi connectivity index (χ3n) is 2.70. The van der Waals surface area contributed by atoms with Gasteiger partial charge in [-0.25, -0.2) is 9.59 Å². The zero-order chi connectivity index (χ0) is 14.4. The van der Waals surface area contributed by atoms with Gasteiger partial charge in [0.1, 0.15) is 6.04 Å². The second kappa shape index (κ2) is 7.10. The van der Waals surface area contributed by atoms with E-state index in [1.807, 2.05) is 6.92 Å². The Bertz CT molecular complexity index is 358. The highest BCUT2D eigenvalue weighted by Crippen LogP contribution is 2.17. The van der Waals surface area contributed by atoms with E-state index in [1.54, 1.807) is 0 Å². The van der Waals surface area contributed by atoms with Crippen molar-refractivity contribution in [2.45, 2.75) is 25.5 Å². The van der Waals surface area contributed by atoms with Crippen LogP contribution in [0, 0.1) is 0 Å². The molecule has 0 aromatic heterocycles. The van der Waals surface area contributed by atoms with Crippen molar-refractivity contribution < 1.29 is 24.5 Å². The average molecular weight is 272 g/mol. The summed E-state index contributed by atoms with van der Waals surface area (Å²) in [6.45, 7) is 6.58. The highest BCUT2D eigenvalue weighted by atomic mass is 16.5. The van der Waals surface area contributed by atoms with Crippen molar-refractivity contribution in [2.24, 2.45) is 0 Å². The summed E-state index contributed by atoms with van der Waals surface area (Å²) in [6.07, 6.45) is -0.721. The van der Waals surface area contributed by atoms with Gasteiger partial charge in [0.2, 0.25) is 0 Å². The lowest BCUT2D eigenvalue weighted by Crippen LogP contribution is -2.46. The second-order valence-corrected chi connectivity index (χ2v) is 4.64. The maximum Gasteiger partial charge on any atom is 0.326 e. The molecule has 0 radical (unpaired) electrons. The molecule has 19 heavy (non-hydrogen) atoms. The Morgan fingerprint density at radius 2 is 2.21 bits per heavy atom. The van der Waals surface area contributed by atoms with E-state index in [2.05, 4.69) is 11.9 Å². The summed E-state index contributed by atoms with van der Waals surface area (Å²) < 4.78 is 5.21. The highest BCUT2D eigenvalue weighted by molar-refractivity contribution is 5.83. The first-order valence-corrected chi connectivity index (χ1v) is 6.09. The van der Waals surface area contributed by atoms with Gasteiger partial charge in [0.15, 0.2) is 0 Å². The summed E-state index contributed by atoms with van der Waals surface area (Å²) in [4.78, 5) is 23.8. The number of carbonyl (C=O) groups excluding carboxylic acids is 1. The van der Waals surface area contributed by atoms with Gasteiger partial charge >= 0.3 is 12.0 Å². The molecule has 1 aliphatic rings. The highest BCUT2D eigenvalue weighted by Gasteiger charge is 2.38. The van der Waals surface area contributed by atoms with E-state index < -0.39 is 24.1 Å². The Kier molecular flexibility index (Phi) is 5.78. The number of hydrogen-bond donors (Lipinski definition) is 3. The fraction of sp³-hybridized carbons (Fsp3) is 0.667. The maximum absolute atomic E-state index is 11.8. The number of hydrogen-bond acceptors (Lipinski definition) is 4. The third kappa shape index (κ3) is 4.88. The first kappa shape index (κ1) is 15.5. The van der Waals surface area contributed by atoms with Crippen LogP contribution >= 0.6 is 0 Å². The summed E-state index contributed by atoms with van der Waals surface area (Å²) in [5.41, 5.74) is 0.889. The van der Waals surface area contributed by atoms with Gasteiger partial charge in [-0.3, -0.25) is 0 Å². The van der Waals surface area contributed by atoms with E-state index in [4.69, 9.17) is 9.84 Å². The summed E-state index contributed by atoms with van der Waals surface area (Å²) in [5.74, 6) is -1.11. The van der Waals surface area contributed by atoms with Crippen LogP contribution in [0.2, 0.25) is 0 Å². The molecule has 1 aliphatic heterocycles. The first-order chi connectivity index (χ1) is 8.91. The zero-order valence-corrected chi connectivity index (χ0v) is 11.0. The number of nitrogens with one attached hydrogen (secondary N) is 1. The van der Waals surface area contributed by atoms with E-state index in [9.17, 15) is 14.7 Å². The monoisotopic (exact) mass is 272 g/mol. The molecule has 0 bridgehead atoms. The molecule has 2 atom stereocenters. The molecule has 1 fully saturated rings. The first-order valence-electron chi connectivity index (χ1n) is 6.09. The molecule has 0 aromatic carbocycles. The molecular formula is C12H20N2O5. The van der Waals surface area contributed by atoms with Crippen molar-refractivity contribution in [1.82, 2.24) is 10.2 Å².